The van der Waals surface area contributed by atoms with Crippen LogP contribution in [0, 0.1) is 0 Å². The summed E-state index contributed by atoms with van der Waals surface area (Å²) in [7, 11) is 0. The number of hydrogen-bond acceptors (Lipinski definition) is 5. The highest BCUT2D eigenvalue weighted by Gasteiger charge is 2.35. The quantitative estimate of drug-likeness (QED) is 0.198. The maximum absolute atomic E-state index is 13.5. The number of hydrogen-bond donors (Lipinski definition) is 3. The van der Waals surface area contributed by atoms with Crippen molar-refractivity contribution in [2.24, 2.45) is 0 Å². The standard InChI is InChI=1S/C28H19N3O6S/c32-24-22(25(33)31(28(38)29-24)20-8-4-7-18(12-20)27(36)37)13-19-15-30(23-10-2-1-9-21(19)23)14-16-5-3-6-17(11-16)26(34)35/h1-13,15H,14H2,(H,34,35)(H,36,37)(H,29,32,38). The van der Waals surface area contributed by atoms with Crippen LogP contribution < -0.4 is 10.2 Å². The summed E-state index contributed by atoms with van der Waals surface area (Å²) in [5.74, 6) is -3.54. The minimum absolute atomic E-state index is 0.0319. The summed E-state index contributed by atoms with van der Waals surface area (Å²) in [6, 6.07) is 19.8. The molecule has 5 rings (SSSR count). The molecule has 0 atom stereocenters. The fourth-order valence-corrected chi connectivity index (χ4v) is 4.63. The molecule has 1 aromatic heterocycles. The lowest BCUT2D eigenvalue weighted by Gasteiger charge is -2.29. The highest BCUT2D eigenvalue weighted by molar-refractivity contribution is 7.80. The van der Waals surface area contributed by atoms with Gasteiger partial charge in [0.1, 0.15) is 5.57 Å². The van der Waals surface area contributed by atoms with Crippen LogP contribution in [-0.4, -0.2) is 43.6 Å². The molecular weight excluding hydrogens is 506 g/mol. The van der Waals surface area contributed by atoms with E-state index in [9.17, 15) is 29.4 Å². The predicted octanol–water partition coefficient (Wildman–Crippen LogP) is 3.92. The first kappa shape index (κ1) is 24.6. The van der Waals surface area contributed by atoms with E-state index >= 15 is 0 Å². The Hall–Kier alpha value is -5.09. The first-order chi connectivity index (χ1) is 18.2. The van der Waals surface area contributed by atoms with E-state index in [-0.39, 0.29) is 27.5 Å². The summed E-state index contributed by atoms with van der Waals surface area (Å²) in [4.78, 5) is 50.2. The molecule has 1 saturated heterocycles. The van der Waals surface area contributed by atoms with Crippen LogP contribution in [0.25, 0.3) is 17.0 Å². The van der Waals surface area contributed by atoms with Gasteiger partial charge in [-0.05, 0) is 60.3 Å². The molecule has 0 aliphatic carbocycles. The Balaban J connectivity index is 1.55. The largest absolute Gasteiger partial charge is 0.478 e. The number of aromatic nitrogens is 1. The van der Waals surface area contributed by atoms with Gasteiger partial charge in [-0.3, -0.25) is 19.8 Å². The number of carbonyl (C=O) groups excluding carboxylic acids is 2. The molecule has 2 heterocycles. The maximum atomic E-state index is 13.5. The molecule has 3 aromatic carbocycles. The Morgan fingerprint density at radius 2 is 1.58 bits per heavy atom. The second-order valence-corrected chi connectivity index (χ2v) is 8.94. The van der Waals surface area contributed by atoms with Gasteiger partial charge in [-0.2, -0.15) is 0 Å². The van der Waals surface area contributed by atoms with Crippen molar-refractivity contribution in [3.63, 3.8) is 0 Å². The second kappa shape index (κ2) is 9.75. The number of carbonyl (C=O) groups is 4. The minimum atomic E-state index is -1.16. The molecule has 1 fully saturated rings. The van der Waals surface area contributed by atoms with Crippen molar-refractivity contribution < 1.29 is 29.4 Å². The number of aromatic carboxylic acids is 2. The monoisotopic (exact) mass is 525 g/mol. The van der Waals surface area contributed by atoms with Gasteiger partial charge in [0.15, 0.2) is 5.11 Å². The van der Waals surface area contributed by atoms with Crippen molar-refractivity contribution in [3.05, 3.63) is 107 Å². The third-order valence-corrected chi connectivity index (χ3v) is 6.38. The molecule has 0 saturated carbocycles. The van der Waals surface area contributed by atoms with E-state index in [0.717, 1.165) is 21.4 Å². The zero-order chi connectivity index (χ0) is 27.0. The van der Waals surface area contributed by atoms with E-state index in [1.165, 1.54) is 36.4 Å². The van der Waals surface area contributed by atoms with Crippen molar-refractivity contribution in [1.29, 1.82) is 0 Å². The average molecular weight is 526 g/mol. The summed E-state index contributed by atoms with van der Waals surface area (Å²) in [5.41, 5.74) is 2.38. The molecule has 38 heavy (non-hydrogen) atoms. The number of nitrogens with zero attached hydrogens (tertiary/aromatic N) is 2. The van der Waals surface area contributed by atoms with Crippen LogP contribution in [0.15, 0.2) is 84.6 Å². The molecule has 3 N–H and O–H groups in total. The molecule has 0 bridgehead atoms. The van der Waals surface area contributed by atoms with Crippen LogP contribution in [0.3, 0.4) is 0 Å². The molecule has 9 nitrogen and oxygen atoms in total. The topological polar surface area (TPSA) is 129 Å². The average Bonchev–Trinajstić information content (AvgIpc) is 3.23. The number of para-hydroxylation sites is 1. The van der Waals surface area contributed by atoms with Crippen LogP contribution in [-0.2, 0) is 16.1 Å². The van der Waals surface area contributed by atoms with E-state index in [1.54, 1.807) is 18.3 Å². The van der Waals surface area contributed by atoms with E-state index in [4.69, 9.17) is 12.2 Å². The molecule has 4 aromatic rings. The first-order valence-corrected chi connectivity index (χ1v) is 11.8. The van der Waals surface area contributed by atoms with Crippen molar-refractivity contribution in [1.82, 2.24) is 9.88 Å². The lowest BCUT2D eigenvalue weighted by atomic mass is 10.1. The van der Waals surface area contributed by atoms with Crippen LogP contribution in [0.5, 0.6) is 0 Å². The van der Waals surface area contributed by atoms with Gasteiger partial charge >= 0.3 is 11.9 Å². The SMILES string of the molecule is O=C1NC(=S)N(c2cccc(C(=O)O)c2)C(=O)C1=Cc1cn(Cc2cccc(C(=O)O)c2)c2ccccc12. The molecule has 2 amide bonds. The van der Waals surface area contributed by atoms with Crippen molar-refractivity contribution in [2.45, 2.75) is 6.54 Å². The van der Waals surface area contributed by atoms with Gasteiger partial charge in [-0.15, -0.1) is 0 Å². The van der Waals surface area contributed by atoms with E-state index in [1.807, 2.05) is 34.9 Å². The number of rotatable bonds is 6. The van der Waals surface area contributed by atoms with Crippen LogP contribution in [0.1, 0.15) is 31.8 Å². The minimum Gasteiger partial charge on any atom is -0.478 e. The highest BCUT2D eigenvalue weighted by Crippen LogP contribution is 2.28. The summed E-state index contributed by atoms with van der Waals surface area (Å²) in [5, 5.41) is 21.8. The summed E-state index contributed by atoms with van der Waals surface area (Å²) < 4.78 is 1.91. The van der Waals surface area contributed by atoms with Crippen LogP contribution in [0.2, 0.25) is 0 Å². The number of thiocarbonyl (C=S) groups is 1. The zero-order valence-electron chi connectivity index (χ0n) is 19.6. The number of carboxylic acid groups (broad SMARTS) is 2. The van der Waals surface area contributed by atoms with Gasteiger partial charge in [-0.1, -0.05) is 36.4 Å². The highest BCUT2D eigenvalue weighted by atomic mass is 32.1. The number of benzene rings is 3. The molecule has 1 aliphatic heterocycles. The normalized spacial score (nSPS) is 14.7. The number of fused-ring (bicyclic) bond motifs is 1. The number of carboxylic acids is 2. The third-order valence-electron chi connectivity index (χ3n) is 6.10. The fourth-order valence-electron chi connectivity index (χ4n) is 4.35. The van der Waals surface area contributed by atoms with Gasteiger partial charge in [0, 0.05) is 29.2 Å². The lowest BCUT2D eigenvalue weighted by Crippen LogP contribution is -2.54. The summed E-state index contributed by atoms with van der Waals surface area (Å²) >= 11 is 5.23. The fraction of sp³-hybridized carbons (Fsp3) is 0.0357. The number of nitrogens with one attached hydrogen (secondary N) is 1. The molecule has 188 valence electrons. The second-order valence-electron chi connectivity index (χ2n) is 8.55. The Bertz CT molecular complexity index is 1700. The van der Waals surface area contributed by atoms with E-state index in [0.29, 0.717) is 12.1 Å². The molecule has 0 unspecified atom stereocenters. The number of amides is 2. The van der Waals surface area contributed by atoms with Crippen molar-refractivity contribution >= 4 is 63.7 Å². The molecule has 0 radical (unpaired) electrons. The van der Waals surface area contributed by atoms with Gasteiger partial charge in [-0.25, -0.2) is 9.59 Å². The Morgan fingerprint density at radius 3 is 2.32 bits per heavy atom. The smallest absolute Gasteiger partial charge is 0.335 e. The van der Waals surface area contributed by atoms with Crippen LogP contribution in [0.4, 0.5) is 5.69 Å². The molecular formula is C28H19N3O6S. The van der Waals surface area contributed by atoms with Crippen LogP contribution >= 0.6 is 12.2 Å². The van der Waals surface area contributed by atoms with Crippen molar-refractivity contribution in [3.8, 4) is 0 Å². The molecule has 0 spiro atoms. The predicted molar refractivity (Wildman–Crippen MR) is 144 cm³/mol. The van der Waals surface area contributed by atoms with E-state index < -0.39 is 23.8 Å². The summed E-state index contributed by atoms with van der Waals surface area (Å²) in [6.45, 7) is 0.364. The Labute approximate surface area is 221 Å². The van der Waals surface area contributed by atoms with Crippen molar-refractivity contribution in [2.75, 3.05) is 4.90 Å². The van der Waals surface area contributed by atoms with Gasteiger partial charge in [0.05, 0.1) is 16.8 Å². The van der Waals surface area contributed by atoms with Gasteiger partial charge in [0.25, 0.3) is 11.8 Å². The Morgan fingerprint density at radius 1 is 0.895 bits per heavy atom. The van der Waals surface area contributed by atoms with E-state index in [2.05, 4.69) is 5.32 Å². The first-order valence-electron chi connectivity index (χ1n) is 11.4. The Kier molecular flexibility index (Phi) is 6.31. The maximum Gasteiger partial charge on any atom is 0.335 e. The lowest BCUT2D eigenvalue weighted by molar-refractivity contribution is -0.122. The third kappa shape index (κ3) is 4.56. The molecule has 10 heteroatoms. The van der Waals surface area contributed by atoms with Gasteiger partial charge < -0.3 is 14.8 Å². The van der Waals surface area contributed by atoms with Gasteiger partial charge in [0.2, 0.25) is 0 Å². The molecule has 1 aliphatic rings. The summed E-state index contributed by atoms with van der Waals surface area (Å²) in [6.07, 6.45) is 3.26. The number of anilines is 1. The zero-order valence-corrected chi connectivity index (χ0v) is 20.4.